The molecule has 0 aromatic heterocycles. The highest BCUT2D eigenvalue weighted by Crippen LogP contribution is 2.20. The summed E-state index contributed by atoms with van der Waals surface area (Å²) in [4.78, 5) is 0. The summed E-state index contributed by atoms with van der Waals surface area (Å²) >= 11 is 5.89. The van der Waals surface area contributed by atoms with Crippen molar-refractivity contribution in [1.29, 1.82) is 0 Å². The first-order chi connectivity index (χ1) is 9.94. The minimum atomic E-state index is 0.0866. The lowest BCUT2D eigenvalue weighted by Crippen LogP contribution is -2.35. The Bertz CT molecular complexity index is 573. The van der Waals surface area contributed by atoms with Crippen molar-refractivity contribution >= 4 is 11.6 Å². The zero-order valence-corrected chi connectivity index (χ0v) is 13.6. The van der Waals surface area contributed by atoms with Crippen LogP contribution in [0.4, 0.5) is 0 Å². The molecule has 0 aliphatic rings. The smallest absolute Gasteiger partial charge is 0.124 e. The van der Waals surface area contributed by atoms with Crippen molar-refractivity contribution in [3.05, 3.63) is 64.7 Å². The number of para-hydroxylation sites is 1. The zero-order chi connectivity index (χ0) is 15.3. The van der Waals surface area contributed by atoms with Gasteiger partial charge in [0.05, 0.1) is 0 Å². The van der Waals surface area contributed by atoms with E-state index >= 15 is 0 Å². The Hall–Kier alpha value is -1.51. The molecule has 0 amide bonds. The SMILES string of the molecule is CC(C)(C)NCc1ccccc1OCc1ccc(Cl)cc1. The van der Waals surface area contributed by atoms with Crippen LogP contribution in [0.15, 0.2) is 48.5 Å². The van der Waals surface area contributed by atoms with Crippen molar-refractivity contribution in [3.8, 4) is 5.75 Å². The Morgan fingerprint density at radius 3 is 2.33 bits per heavy atom. The van der Waals surface area contributed by atoms with Crippen molar-refractivity contribution < 1.29 is 4.74 Å². The van der Waals surface area contributed by atoms with E-state index in [2.05, 4.69) is 32.2 Å². The third kappa shape index (κ3) is 5.41. The average Bonchev–Trinajstić information content (AvgIpc) is 2.44. The summed E-state index contributed by atoms with van der Waals surface area (Å²) in [5.74, 6) is 0.921. The standard InChI is InChI=1S/C18H22ClNO/c1-18(2,3)20-12-15-6-4-5-7-17(15)21-13-14-8-10-16(19)11-9-14/h4-11,20H,12-13H2,1-3H3. The second-order valence-corrected chi connectivity index (χ2v) is 6.56. The number of nitrogens with one attached hydrogen (secondary N) is 1. The van der Waals surface area contributed by atoms with Crippen LogP contribution >= 0.6 is 11.6 Å². The molecule has 2 nitrogen and oxygen atoms in total. The summed E-state index contributed by atoms with van der Waals surface area (Å²) in [6.45, 7) is 7.81. The lowest BCUT2D eigenvalue weighted by molar-refractivity contribution is 0.300. The summed E-state index contributed by atoms with van der Waals surface area (Å²) in [6.07, 6.45) is 0. The number of hydrogen-bond donors (Lipinski definition) is 1. The van der Waals surface area contributed by atoms with Crippen LogP contribution in [0.3, 0.4) is 0 Å². The van der Waals surface area contributed by atoms with Gasteiger partial charge >= 0.3 is 0 Å². The Balaban J connectivity index is 2.01. The molecule has 0 saturated carbocycles. The fourth-order valence-electron chi connectivity index (χ4n) is 1.89. The maximum Gasteiger partial charge on any atom is 0.124 e. The van der Waals surface area contributed by atoms with E-state index in [0.29, 0.717) is 6.61 Å². The number of rotatable bonds is 5. The van der Waals surface area contributed by atoms with Crippen molar-refractivity contribution in [3.63, 3.8) is 0 Å². The average molecular weight is 304 g/mol. The molecule has 0 unspecified atom stereocenters. The highest BCUT2D eigenvalue weighted by Gasteiger charge is 2.10. The fraction of sp³-hybridized carbons (Fsp3) is 0.333. The van der Waals surface area contributed by atoms with Gasteiger partial charge in [-0.3, -0.25) is 0 Å². The van der Waals surface area contributed by atoms with E-state index in [1.807, 2.05) is 42.5 Å². The van der Waals surface area contributed by atoms with Gasteiger partial charge in [-0.15, -0.1) is 0 Å². The third-order valence-electron chi connectivity index (χ3n) is 3.09. The molecule has 2 rings (SSSR count). The molecule has 2 aromatic rings. The van der Waals surface area contributed by atoms with Crippen molar-refractivity contribution in [2.75, 3.05) is 0 Å². The Morgan fingerprint density at radius 1 is 1.00 bits per heavy atom. The summed E-state index contributed by atoms with van der Waals surface area (Å²) in [5, 5.41) is 4.23. The second-order valence-electron chi connectivity index (χ2n) is 6.13. The topological polar surface area (TPSA) is 21.3 Å². The molecule has 0 bridgehead atoms. The van der Waals surface area contributed by atoms with Crippen molar-refractivity contribution in [2.24, 2.45) is 0 Å². The van der Waals surface area contributed by atoms with Crippen LogP contribution < -0.4 is 10.1 Å². The first-order valence-corrected chi connectivity index (χ1v) is 7.52. The van der Waals surface area contributed by atoms with E-state index in [1.54, 1.807) is 0 Å². The molecule has 112 valence electrons. The van der Waals surface area contributed by atoms with Crippen LogP contribution in [-0.4, -0.2) is 5.54 Å². The van der Waals surface area contributed by atoms with E-state index in [0.717, 1.165) is 22.9 Å². The first kappa shape index (κ1) is 15.9. The molecule has 0 heterocycles. The maximum absolute atomic E-state index is 5.95. The Kier molecular flexibility index (Phi) is 5.27. The molecular weight excluding hydrogens is 282 g/mol. The predicted molar refractivity (Wildman–Crippen MR) is 88.8 cm³/mol. The quantitative estimate of drug-likeness (QED) is 0.856. The van der Waals surface area contributed by atoms with Gasteiger partial charge in [0.1, 0.15) is 12.4 Å². The van der Waals surface area contributed by atoms with E-state index in [1.165, 1.54) is 5.56 Å². The van der Waals surface area contributed by atoms with Gasteiger partial charge in [0, 0.05) is 22.7 Å². The molecule has 0 saturated heterocycles. The van der Waals surface area contributed by atoms with Gasteiger partial charge in [0.25, 0.3) is 0 Å². The van der Waals surface area contributed by atoms with Crippen LogP contribution in [0.5, 0.6) is 5.75 Å². The van der Waals surface area contributed by atoms with Gasteiger partial charge in [0.2, 0.25) is 0 Å². The van der Waals surface area contributed by atoms with Crippen LogP contribution in [0.1, 0.15) is 31.9 Å². The van der Waals surface area contributed by atoms with E-state index in [9.17, 15) is 0 Å². The number of ether oxygens (including phenoxy) is 1. The molecule has 0 fully saturated rings. The number of benzene rings is 2. The third-order valence-corrected chi connectivity index (χ3v) is 3.34. The molecule has 0 radical (unpaired) electrons. The predicted octanol–water partition coefficient (Wildman–Crippen LogP) is 4.81. The van der Waals surface area contributed by atoms with Crippen molar-refractivity contribution in [1.82, 2.24) is 5.32 Å². The molecule has 21 heavy (non-hydrogen) atoms. The van der Waals surface area contributed by atoms with E-state index < -0.39 is 0 Å². The van der Waals surface area contributed by atoms with Gasteiger partial charge in [-0.2, -0.15) is 0 Å². The van der Waals surface area contributed by atoms with Gasteiger partial charge in [0.15, 0.2) is 0 Å². The summed E-state index contributed by atoms with van der Waals surface area (Å²) in [6, 6.07) is 15.9. The molecule has 0 atom stereocenters. The van der Waals surface area contributed by atoms with Crippen LogP contribution in [0.25, 0.3) is 0 Å². The van der Waals surface area contributed by atoms with Gasteiger partial charge in [-0.1, -0.05) is 41.9 Å². The first-order valence-electron chi connectivity index (χ1n) is 7.14. The van der Waals surface area contributed by atoms with Gasteiger partial charge < -0.3 is 10.1 Å². The zero-order valence-electron chi connectivity index (χ0n) is 12.8. The molecule has 3 heteroatoms. The number of hydrogen-bond acceptors (Lipinski definition) is 2. The minimum Gasteiger partial charge on any atom is -0.489 e. The highest BCUT2D eigenvalue weighted by atomic mass is 35.5. The van der Waals surface area contributed by atoms with Gasteiger partial charge in [-0.25, -0.2) is 0 Å². The minimum absolute atomic E-state index is 0.0866. The largest absolute Gasteiger partial charge is 0.489 e. The van der Waals surface area contributed by atoms with Crippen LogP contribution in [0.2, 0.25) is 5.02 Å². The molecule has 0 aliphatic heterocycles. The monoisotopic (exact) mass is 303 g/mol. The van der Waals surface area contributed by atoms with E-state index in [4.69, 9.17) is 16.3 Å². The molecule has 0 aliphatic carbocycles. The lowest BCUT2D eigenvalue weighted by Gasteiger charge is -2.21. The van der Waals surface area contributed by atoms with Crippen molar-refractivity contribution in [2.45, 2.75) is 39.5 Å². The summed E-state index contributed by atoms with van der Waals surface area (Å²) in [7, 11) is 0. The summed E-state index contributed by atoms with van der Waals surface area (Å²) < 4.78 is 5.95. The normalized spacial score (nSPS) is 11.4. The van der Waals surface area contributed by atoms with E-state index in [-0.39, 0.29) is 5.54 Å². The maximum atomic E-state index is 5.95. The molecule has 2 aromatic carbocycles. The molecular formula is C18H22ClNO. The fourth-order valence-corrected chi connectivity index (χ4v) is 2.02. The van der Waals surface area contributed by atoms with Gasteiger partial charge in [-0.05, 0) is 44.5 Å². The van der Waals surface area contributed by atoms with Crippen LogP contribution in [-0.2, 0) is 13.2 Å². The Morgan fingerprint density at radius 2 is 1.67 bits per heavy atom. The molecule has 1 N–H and O–H groups in total. The summed E-state index contributed by atoms with van der Waals surface area (Å²) in [5.41, 5.74) is 2.36. The Labute approximate surface area is 132 Å². The highest BCUT2D eigenvalue weighted by molar-refractivity contribution is 6.30. The lowest BCUT2D eigenvalue weighted by atomic mass is 10.1. The number of halogens is 1. The molecule has 0 spiro atoms. The second kappa shape index (κ2) is 6.97. The van der Waals surface area contributed by atoms with Crippen LogP contribution in [0, 0.1) is 0 Å².